The molecule has 0 aliphatic rings. The normalized spacial score (nSPS) is 10.6. The number of carbonyl (C=O) groups is 1. The van der Waals surface area contributed by atoms with Crippen LogP contribution in [-0.2, 0) is 9.53 Å². The molecule has 0 fully saturated rings. The van der Waals surface area contributed by atoms with Gasteiger partial charge in [-0.2, -0.15) is 0 Å². The van der Waals surface area contributed by atoms with Crippen molar-refractivity contribution in [2.24, 2.45) is 0 Å². The minimum atomic E-state index is -0.610. The number of hydrogen-bond acceptors (Lipinski definition) is 5. The Morgan fingerprint density at radius 1 is 1.28 bits per heavy atom. The Bertz CT molecular complexity index is 790. The van der Waals surface area contributed by atoms with Crippen LogP contribution in [0.15, 0.2) is 48.5 Å². The van der Waals surface area contributed by atoms with E-state index in [1.54, 1.807) is 30.3 Å². The van der Waals surface area contributed by atoms with E-state index in [2.05, 4.69) is 5.32 Å². The minimum absolute atomic E-state index is 0.00863. The summed E-state index contributed by atoms with van der Waals surface area (Å²) >= 11 is 5.73. The molecule has 2 aromatic carbocycles. The molecular weight excluding hydrogens is 348 g/mol. The van der Waals surface area contributed by atoms with Gasteiger partial charge < -0.3 is 14.8 Å². The van der Waals surface area contributed by atoms with Gasteiger partial charge in [0.1, 0.15) is 10.8 Å². The van der Waals surface area contributed by atoms with Crippen molar-refractivity contribution < 1.29 is 19.2 Å². The third-order valence-corrected chi connectivity index (χ3v) is 3.38. The highest BCUT2D eigenvalue weighted by molar-refractivity contribution is 6.32. The number of nitrogens with zero attached hydrogens (tertiary/aromatic N) is 1. The zero-order valence-corrected chi connectivity index (χ0v) is 14.0. The Hall–Kier alpha value is -2.90. The summed E-state index contributed by atoms with van der Waals surface area (Å²) in [6.45, 7) is 0.158. The van der Waals surface area contributed by atoms with Crippen molar-refractivity contribution in [1.82, 2.24) is 0 Å². The first-order valence-electron chi connectivity index (χ1n) is 7.14. The maximum Gasteiger partial charge on any atom is 0.289 e. The number of amides is 1. The zero-order chi connectivity index (χ0) is 18.2. The number of rotatable bonds is 7. The van der Waals surface area contributed by atoms with Crippen molar-refractivity contribution in [1.29, 1.82) is 0 Å². The maximum atomic E-state index is 11.9. The number of halogens is 1. The Morgan fingerprint density at radius 3 is 2.64 bits per heavy atom. The second kappa shape index (κ2) is 8.81. The summed E-state index contributed by atoms with van der Waals surface area (Å²) in [7, 11) is 1.53. The molecule has 2 rings (SSSR count). The molecule has 0 aromatic heterocycles. The molecule has 0 radical (unpaired) electrons. The average molecular weight is 363 g/mol. The lowest BCUT2D eigenvalue weighted by atomic mass is 10.2. The van der Waals surface area contributed by atoms with E-state index in [-0.39, 0.29) is 23.2 Å². The molecule has 0 saturated carbocycles. The molecule has 0 spiro atoms. The molecule has 8 heteroatoms. The first-order chi connectivity index (χ1) is 12.0. The lowest BCUT2D eigenvalue weighted by Crippen LogP contribution is -2.08. The number of carbonyl (C=O) groups excluding carboxylic acids is 1. The number of anilines is 1. The first-order valence-corrected chi connectivity index (χ1v) is 7.52. The van der Waals surface area contributed by atoms with Gasteiger partial charge in [-0.15, -0.1) is 0 Å². The highest BCUT2D eigenvalue weighted by atomic mass is 35.5. The van der Waals surface area contributed by atoms with Crippen LogP contribution in [0.5, 0.6) is 5.75 Å². The maximum absolute atomic E-state index is 11.9. The highest BCUT2D eigenvalue weighted by Crippen LogP contribution is 2.27. The molecule has 25 heavy (non-hydrogen) atoms. The Kier molecular flexibility index (Phi) is 6.50. The molecule has 0 aliphatic carbocycles. The molecule has 1 amide bonds. The molecule has 2 aromatic rings. The molecule has 0 atom stereocenters. The third-order valence-electron chi connectivity index (χ3n) is 3.06. The average Bonchev–Trinajstić information content (AvgIpc) is 2.60. The van der Waals surface area contributed by atoms with Gasteiger partial charge in [0.25, 0.3) is 5.69 Å². The SMILES string of the molecule is COCOc1ccc(/C=C/C(=O)Nc2ccc(Cl)c([N+](=O)[O-])c2)cc1. The quantitative estimate of drug-likeness (QED) is 0.349. The fourth-order valence-corrected chi connectivity index (χ4v) is 2.07. The molecule has 0 saturated heterocycles. The van der Waals surface area contributed by atoms with E-state index < -0.39 is 10.8 Å². The van der Waals surface area contributed by atoms with Crippen LogP contribution in [0, 0.1) is 10.1 Å². The summed E-state index contributed by atoms with van der Waals surface area (Å²) in [6, 6.07) is 11.1. The molecule has 7 nitrogen and oxygen atoms in total. The van der Waals surface area contributed by atoms with E-state index in [1.807, 2.05) is 0 Å². The number of hydrogen-bond donors (Lipinski definition) is 1. The van der Waals surface area contributed by atoms with Crippen molar-refractivity contribution in [3.63, 3.8) is 0 Å². The van der Waals surface area contributed by atoms with Crippen LogP contribution in [0.25, 0.3) is 6.08 Å². The number of nitrogens with one attached hydrogen (secondary N) is 1. The van der Waals surface area contributed by atoms with Gasteiger partial charge in [-0.3, -0.25) is 14.9 Å². The predicted molar refractivity (Wildman–Crippen MR) is 94.7 cm³/mol. The zero-order valence-electron chi connectivity index (χ0n) is 13.3. The van der Waals surface area contributed by atoms with Crippen LogP contribution in [0.4, 0.5) is 11.4 Å². The van der Waals surface area contributed by atoms with Crippen molar-refractivity contribution >= 4 is 35.0 Å². The van der Waals surface area contributed by atoms with Crippen LogP contribution < -0.4 is 10.1 Å². The number of benzene rings is 2. The Labute approximate surface area is 149 Å². The number of nitro benzene ring substituents is 1. The van der Waals surface area contributed by atoms with Gasteiger partial charge in [-0.1, -0.05) is 23.7 Å². The Balaban J connectivity index is 1.99. The summed E-state index contributed by atoms with van der Waals surface area (Å²) in [5.41, 5.74) is 0.811. The van der Waals surface area contributed by atoms with Crippen LogP contribution in [0.1, 0.15) is 5.56 Å². The molecule has 0 aliphatic heterocycles. The summed E-state index contributed by atoms with van der Waals surface area (Å²) < 4.78 is 10.1. The van der Waals surface area contributed by atoms with Crippen molar-refractivity contribution in [3.8, 4) is 5.75 Å². The van der Waals surface area contributed by atoms with E-state index in [9.17, 15) is 14.9 Å². The predicted octanol–water partition coefficient (Wildman–Crippen LogP) is 3.88. The number of methoxy groups -OCH3 is 1. The summed E-state index contributed by atoms with van der Waals surface area (Å²) in [5, 5.41) is 13.4. The monoisotopic (exact) mass is 362 g/mol. The van der Waals surface area contributed by atoms with Crippen LogP contribution in [0.3, 0.4) is 0 Å². The van der Waals surface area contributed by atoms with Crippen LogP contribution >= 0.6 is 11.6 Å². The van der Waals surface area contributed by atoms with Gasteiger partial charge in [0.05, 0.1) is 4.92 Å². The third kappa shape index (κ3) is 5.59. The number of ether oxygens (including phenoxy) is 2. The van der Waals surface area contributed by atoms with Crippen molar-refractivity contribution in [3.05, 3.63) is 69.2 Å². The fraction of sp³-hybridized carbons (Fsp3) is 0.118. The fourth-order valence-electron chi connectivity index (χ4n) is 1.89. The molecule has 130 valence electrons. The second-order valence-corrected chi connectivity index (χ2v) is 5.27. The standard InChI is InChI=1S/C17H15ClN2O5/c1-24-11-25-14-6-2-12(3-7-14)4-9-17(21)19-13-5-8-15(18)16(10-13)20(22)23/h2-10H,11H2,1H3,(H,19,21)/b9-4+. The Morgan fingerprint density at radius 2 is 2.00 bits per heavy atom. The summed E-state index contributed by atoms with van der Waals surface area (Å²) in [6.07, 6.45) is 2.94. The van der Waals surface area contributed by atoms with Crippen LogP contribution in [0.2, 0.25) is 5.02 Å². The van der Waals surface area contributed by atoms with E-state index in [1.165, 1.54) is 31.4 Å². The van der Waals surface area contributed by atoms with Crippen LogP contribution in [-0.4, -0.2) is 24.7 Å². The highest BCUT2D eigenvalue weighted by Gasteiger charge is 2.13. The van der Waals surface area contributed by atoms with E-state index in [0.717, 1.165) is 5.56 Å². The topological polar surface area (TPSA) is 90.7 Å². The molecule has 1 N–H and O–H groups in total. The van der Waals surface area contributed by atoms with E-state index >= 15 is 0 Å². The smallest absolute Gasteiger partial charge is 0.289 e. The van der Waals surface area contributed by atoms with Gasteiger partial charge in [0, 0.05) is 24.9 Å². The first kappa shape index (κ1) is 18.4. The minimum Gasteiger partial charge on any atom is -0.468 e. The number of nitro groups is 1. The lowest BCUT2D eigenvalue weighted by molar-refractivity contribution is -0.384. The largest absolute Gasteiger partial charge is 0.468 e. The molecule has 0 unspecified atom stereocenters. The van der Waals surface area contributed by atoms with Gasteiger partial charge in [0.15, 0.2) is 6.79 Å². The molecule has 0 bridgehead atoms. The van der Waals surface area contributed by atoms with Gasteiger partial charge in [-0.25, -0.2) is 0 Å². The van der Waals surface area contributed by atoms with Crippen molar-refractivity contribution in [2.75, 3.05) is 19.2 Å². The molecular formula is C17H15ClN2O5. The van der Waals surface area contributed by atoms with Crippen molar-refractivity contribution in [2.45, 2.75) is 0 Å². The summed E-state index contributed by atoms with van der Waals surface area (Å²) in [5.74, 6) is 0.230. The van der Waals surface area contributed by atoms with E-state index in [4.69, 9.17) is 21.1 Å². The van der Waals surface area contributed by atoms with Gasteiger partial charge >= 0.3 is 0 Å². The van der Waals surface area contributed by atoms with E-state index in [0.29, 0.717) is 5.75 Å². The van der Waals surface area contributed by atoms with Gasteiger partial charge in [0.2, 0.25) is 5.91 Å². The van der Waals surface area contributed by atoms with Gasteiger partial charge in [-0.05, 0) is 35.9 Å². The lowest BCUT2D eigenvalue weighted by Gasteiger charge is -2.04. The second-order valence-electron chi connectivity index (χ2n) is 4.87. The molecule has 0 heterocycles. The summed E-state index contributed by atoms with van der Waals surface area (Å²) in [4.78, 5) is 22.1.